The molecule has 0 saturated carbocycles. The summed E-state index contributed by atoms with van der Waals surface area (Å²) in [6, 6.07) is 9.98. The van der Waals surface area contributed by atoms with Gasteiger partial charge in [-0.25, -0.2) is 4.79 Å². The summed E-state index contributed by atoms with van der Waals surface area (Å²) in [5.41, 5.74) is 1.94. The second-order valence-electron chi connectivity index (χ2n) is 6.64. The zero-order chi connectivity index (χ0) is 21.4. The molecule has 0 atom stereocenters. The Balaban J connectivity index is 2.05. The summed E-state index contributed by atoms with van der Waals surface area (Å²) in [5.74, 6) is -1.06. The molecular weight excluding hydrogens is 390 g/mol. The van der Waals surface area contributed by atoms with E-state index in [2.05, 4.69) is 10.6 Å². The van der Waals surface area contributed by atoms with Gasteiger partial charge in [0.05, 0.1) is 23.6 Å². The average molecular weight is 418 g/mol. The van der Waals surface area contributed by atoms with Crippen LogP contribution in [-0.2, 0) is 16.0 Å². The maximum absolute atomic E-state index is 12.4. The topological polar surface area (TPSA) is 87.7 Å². The predicted octanol–water partition coefficient (Wildman–Crippen LogP) is 2.71. The van der Waals surface area contributed by atoms with Crippen LogP contribution >= 0.6 is 11.3 Å². The fraction of sp³-hybridized carbons (Fsp3) is 0.381. The van der Waals surface area contributed by atoms with Gasteiger partial charge in [0.15, 0.2) is 0 Å². The molecular formula is C21H27N3O4S. The van der Waals surface area contributed by atoms with E-state index in [4.69, 9.17) is 4.74 Å². The largest absolute Gasteiger partial charge is 0.462 e. The smallest absolute Gasteiger partial charge is 0.341 e. The summed E-state index contributed by atoms with van der Waals surface area (Å²) < 4.78 is 5.11. The van der Waals surface area contributed by atoms with Crippen molar-refractivity contribution in [2.45, 2.75) is 20.3 Å². The molecule has 0 aliphatic rings. The summed E-state index contributed by atoms with van der Waals surface area (Å²) in [6.45, 7) is 4.35. The summed E-state index contributed by atoms with van der Waals surface area (Å²) in [7, 11) is 3.28. The van der Waals surface area contributed by atoms with Crippen molar-refractivity contribution >= 4 is 34.1 Å². The quantitative estimate of drug-likeness (QED) is 0.484. The van der Waals surface area contributed by atoms with Crippen molar-refractivity contribution in [2.24, 2.45) is 0 Å². The molecule has 2 aromatic rings. The van der Waals surface area contributed by atoms with E-state index in [9.17, 15) is 14.4 Å². The van der Waals surface area contributed by atoms with E-state index in [1.807, 2.05) is 30.3 Å². The first kappa shape index (κ1) is 22.6. The van der Waals surface area contributed by atoms with Crippen LogP contribution in [0.1, 0.15) is 38.1 Å². The van der Waals surface area contributed by atoms with Crippen LogP contribution < -0.4 is 10.6 Å². The SMILES string of the molecule is CCOC(=O)c1c(NC(=O)CNCCc2ccccc2)sc(C(=O)N(C)C)c1C. The van der Waals surface area contributed by atoms with Crippen molar-refractivity contribution in [3.8, 4) is 0 Å². The van der Waals surface area contributed by atoms with E-state index < -0.39 is 5.97 Å². The lowest BCUT2D eigenvalue weighted by atomic mass is 10.1. The van der Waals surface area contributed by atoms with Crippen LogP contribution in [0.2, 0.25) is 0 Å². The average Bonchev–Trinajstić information content (AvgIpc) is 3.01. The molecule has 1 aromatic carbocycles. The molecule has 1 heterocycles. The third-order valence-electron chi connectivity index (χ3n) is 4.20. The molecule has 0 saturated heterocycles. The van der Waals surface area contributed by atoms with Crippen LogP contribution in [0.3, 0.4) is 0 Å². The molecule has 29 heavy (non-hydrogen) atoms. The number of amides is 2. The molecule has 0 radical (unpaired) electrons. The van der Waals surface area contributed by atoms with Crippen molar-refractivity contribution in [3.63, 3.8) is 0 Å². The van der Waals surface area contributed by atoms with Gasteiger partial charge in [-0.1, -0.05) is 30.3 Å². The Kier molecular flexibility index (Phi) is 8.35. The van der Waals surface area contributed by atoms with Crippen LogP contribution in [0.4, 0.5) is 5.00 Å². The van der Waals surface area contributed by atoms with Crippen LogP contribution in [0.15, 0.2) is 30.3 Å². The molecule has 2 rings (SSSR count). The highest BCUT2D eigenvalue weighted by atomic mass is 32.1. The molecule has 7 nitrogen and oxygen atoms in total. The number of carbonyl (C=O) groups is 3. The molecule has 0 bridgehead atoms. The number of benzene rings is 1. The number of hydrogen-bond donors (Lipinski definition) is 2. The molecule has 0 aliphatic heterocycles. The lowest BCUT2D eigenvalue weighted by Gasteiger charge is -2.09. The number of carbonyl (C=O) groups excluding carboxylic acids is 3. The molecule has 8 heteroatoms. The van der Waals surface area contributed by atoms with E-state index in [0.29, 0.717) is 22.0 Å². The van der Waals surface area contributed by atoms with Gasteiger partial charge in [0.1, 0.15) is 5.00 Å². The number of nitrogens with zero attached hydrogens (tertiary/aromatic N) is 1. The standard InChI is InChI=1S/C21H27N3O4S/c1-5-28-21(27)17-14(2)18(20(26)24(3)4)29-19(17)23-16(25)13-22-12-11-15-9-7-6-8-10-15/h6-10,22H,5,11-13H2,1-4H3,(H,23,25). The summed E-state index contributed by atoms with van der Waals surface area (Å²) in [6.07, 6.45) is 0.807. The number of esters is 1. The highest BCUT2D eigenvalue weighted by Crippen LogP contribution is 2.34. The van der Waals surface area contributed by atoms with Gasteiger partial charge in [0.2, 0.25) is 5.91 Å². The maximum atomic E-state index is 12.4. The molecule has 2 N–H and O–H groups in total. The third-order valence-corrected chi connectivity index (χ3v) is 5.39. The first-order valence-corrected chi connectivity index (χ1v) is 10.2. The zero-order valence-corrected chi connectivity index (χ0v) is 18.0. The maximum Gasteiger partial charge on any atom is 0.341 e. The normalized spacial score (nSPS) is 10.5. The molecule has 1 aromatic heterocycles. The highest BCUT2D eigenvalue weighted by Gasteiger charge is 2.27. The summed E-state index contributed by atoms with van der Waals surface area (Å²) in [5, 5.41) is 6.17. The van der Waals surface area contributed by atoms with Gasteiger partial charge < -0.3 is 20.3 Å². The fourth-order valence-electron chi connectivity index (χ4n) is 2.71. The molecule has 0 spiro atoms. The van der Waals surface area contributed by atoms with Crippen molar-refractivity contribution in [1.29, 1.82) is 0 Å². The van der Waals surface area contributed by atoms with Gasteiger partial charge in [0, 0.05) is 14.1 Å². The van der Waals surface area contributed by atoms with Gasteiger partial charge in [-0.2, -0.15) is 0 Å². The molecule has 2 amide bonds. The van der Waals surface area contributed by atoms with Crippen molar-refractivity contribution in [2.75, 3.05) is 39.1 Å². The second-order valence-corrected chi connectivity index (χ2v) is 7.66. The van der Waals surface area contributed by atoms with E-state index in [1.54, 1.807) is 27.9 Å². The van der Waals surface area contributed by atoms with E-state index in [0.717, 1.165) is 17.8 Å². The molecule has 0 unspecified atom stereocenters. The Labute approximate surface area is 175 Å². The van der Waals surface area contributed by atoms with Gasteiger partial charge in [-0.15, -0.1) is 11.3 Å². The van der Waals surface area contributed by atoms with Gasteiger partial charge in [-0.05, 0) is 37.9 Å². The first-order chi connectivity index (χ1) is 13.8. The van der Waals surface area contributed by atoms with E-state index >= 15 is 0 Å². The van der Waals surface area contributed by atoms with Crippen LogP contribution in [-0.4, -0.2) is 56.5 Å². The number of anilines is 1. The minimum Gasteiger partial charge on any atom is -0.462 e. The monoisotopic (exact) mass is 417 g/mol. The second kappa shape index (κ2) is 10.7. The van der Waals surface area contributed by atoms with E-state index in [-0.39, 0.29) is 30.5 Å². The lowest BCUT2D eigenvalue weighted by molar-refractivity contribution is -0.115. The molecule has 0 aliphatic carbocycles. The van der Waals surface area contributed by atoms with Gasteiger partial charge >= 0.3 is 5.97 Å². The van der Waals surface area contributed by atoms with Crippen LogP contribution in [0.25, 0.3) is 0 Å². The summed E-state index contributed by atoms with van der Waals surface area (Å²) in [4.78, 5) is 39.0. The Morgan fingerprint density at radius 1 is 1.14 bits per heavy atom. The number of ether oxygens (including phenoxy) is 1. The fourth-order valence-corrected chi connectivity index (χ4v) is 3.94. The summed E-state index contributed by atoms with van der Waals surface area (Å²) >= 11 is 1.09. The Bertz CT molecular complexity index is 862. The first-order valence-electron chi connectivity index (χ1n) is 9.41. The number of hydrogen-bond acceptors (Lipinski definition) is 6. The number of nitrogens with one attached hydrogen (secondary N) is 2. The minimum atomic E-state index is -0.550. The molecule has 0 fully saturated rings. The van der Waals surface area contributed by atoms with Crippen molar-refractivity contribution < 1.29 is 19.1 Å². The Morgan fingerprint density at radius 2 is 1.83 bits per heavy atom. The lowest BCUT2D eigenvalue weighted by Crippen LogP contribution is -2.29. The Hall–Kier alpha value is -2.71. The van der Waals surface area contributed by atoms with E-state index in [1.165, 1.54) is 10.5 Å². The highest BCUT2D eigenvalue weighted by molar-refractivity contribution is 7.18. The van der Waals surface area contributed by atoms with Crippen LogP contribution in [0.5, 0.6) is 0 Å². The number of rotatable bonds is 9. The Morgan fingerprint density at radius 3 is 2.45 bits per heavy atom. The minimum absolute atomic E-state index is 0.100. The van der Waals surface area contributed by atoms with Crippen molar-refractivity contribution in [1.82, 2.24) is 10.2 Å². The zero-order valence-electron chi connectivity index (χ0n) is 17.2. The van der Waals surface area contributed by atoms with Crippen molar-refractivity contribution in [3.05, 3.63) is 51.9 Å². The predicted molar refractivity (Wildman–Crippen MR) is 115 cm³/mol. The number of thiophene rings is 1. The van der Waals surface area contributed by atoms with Gasteiger partial charge in [-0.3, -0.25) is 9.59 Å². The third kappa shape index (κ3) is 6.13. The molecule has 156 valence electrons. The van der Waals surface area contributed by atoms with Crippen LogP contribution in [0, 0.1) is 6.92 Å². The van der Waals surface area contributed by atoms with Gasteiger partial charge in [0.25, 0.3) is 5.91 Å².